The lowest BCUT2D eigenvalue weighted by atomic mass is 9.67. The van der Waals surface area contributed by atoms with E-state index in [2.05, 4.69) is 20.8 Å². The summed E-state index contributed by atoms with van der Waals surface area (Å²) in [4.78, 5) is 38.4. The van der Waals surface area contributed by atoms with Gasteiger partial charge in [0.25, 0.3) is 5.91 Å². The zero-order valence-corrected chi connectivity index (χ0v) is 17.4. The molecule has 2 aliphatic heterocycles. The van der Waals surface area contributed by atoms with Crippen molar-refractivity contribution in [3.8, 4) is 11.3 Å². The van der Waals surface area contributed by atoms with Gasteiger partial charge in [-0.3, -0.25) is 19.5 Å². The van der Waals surface area contributed by atoms with Crippen LogP contribution in [-0.4, -0.2) is 58.5 Å². The maximum absolute atomic E-state index is 12.8. The molecule has 8 nitrogen and oxygen atoms in total. The number of aromatic nitrogens is 2. The fourth-order valence-corrected chi connectivity index (χ4v) is 5.07. The number of nitrogens with zero attached hydrogens (tertiary/aromatic N) is 2. The first-order valence-corrected chi connectivity index (χ1v) is 11.0. The predicted molar refractivity (Wildman–Crippen MR) is 114 cm³/mol. The van der Waals surface area contributed by atoms with Crippen LogP contribution >= 0.6 is 0 Å². The van der Waals surface area contributed by atoms with Gasteiger partial charge in [-0.05, 0) is 31.7 Å². The van der Waals surface area contributed by atoms with Gasteiger partial charge < -0.3 is 15.5 Å². The second-order valence-corrected chi connectivity index (χ2v) is 9.18. The molecule has 1 aromatic heterocycles. The fourth-order valence-electron chi connectivity index (χ4n) is 5.07. The van der Waals surface area contributed by atoms with Crippen LogP contribution in [0.5, 0.6) is 0 Å². The van der Waals surface area contributed by atoms with E-state index >= 15 is 0 Å². The van der Waals surface area contributed by atoms with Crippen LogP contribution in [0.3, 0.4) is 0 Å². The SMILES string of the molecule is O=C1CC(C(=O)NC2CCC3(CC2)CN(C(=O)c2cc(-c4ccccc4)n[nH]2)C3)CN1. The summed E-state index contributed by atoms with van der Waals surface area (Å²) in [5.41, 5.74) is 2.45. The predicted octanol–water partition coefficient (Wildman–Crippen LogP) is 1.71. The van der Waals surface area contributed by atoms with Crippen molar-refractivity contribution in [2.75, 3.05) is 19.6 Å². The smallest absolute Gasteiger partial charge is 0.271 e. The lowest BCUT2D eigenvalue weighted by Gasteiger charge is -2.53. The molecule has 2 saturated heterocycles. The largest absolute Gasteiger partial charge is 0.355 e. The monoisotopic (exact) mass is 421 g/mol. The molecule has 3 heterocycles. The maximum Gasteiger partial charge on any atom is 0.271 e. The van der Waals surface area contributed by atoms with Gasteiger partial charge in [0.1, 0.15) is 5.69 Å². The molecule has 1 saturated carbocycles. The van der Waals surface area contributed by atoms with E-state index < -0.39 is 0 Å². The summed E-state index contributed by atoms with van der Waals surface area (Å²) in [6.45, 7) is 1.96. The Morgan fingerprint density at radius 2 is 1.87 bits per heavy atom. The number of nitrogens with one attached hydrogen (secondary N) is 3. The zero-order valence-electron chi connectivity index (χ0n) is 17.4. The Balaban J connectivity index is 1.11. The van der Waals surface area contributed by atoms with Crippen LogP contribution in [0.1, 0.15) is 42.6 Å². The minimum absolute atomic E-state index is 0.00543. The van der Waals surface area contributed by atoms with Crippen LogP contribution in [-0.2, 0) is 9.59 Å². The highest BCUT2D eigenvalue weighted by atomic mass is 16.2. The highest BCUT2D eigenvalue weighted by Crippen LogP contribution is 2.44. The van der Waals surface area contributed by atoms with Gasteiger partial charge in [-0.15, -0.1) is 0 Å². The van der Waals surface area contributed by atoms with E-state index in [-0.39, 0.29) is 35.1 Å². The summed E-state index contributed by atoms with van der Waals surface area (Å²) in [6.07, 6.45) is 4.14. The van der Waals surface area contributed by atoms with E-state index in [1.54, 1.807) is 0 Å². The van der Waals surface area contributed by atoms with Crippen molar-refractivity contribution in [3.05, 3.63) is 42.1 Å². The molecule has 3 N–H and O–H groups in total. The molecule has 8 heteroatoms. The topological polar surface area (TPSA) is 107 Å². The zero-order chi connectivity index (χ0) is 21.4. The first-order valence-electron chi connectivity index (χ1n) is 11.0. The van der Waals surface area contributed by atoms with E-state index in [1.807, 2.05) is 41.3 Å². The molecule has 31 heavy (non-hydrogen) atoms. The third-order valence-corrected chi connectivity index (χ3v) is 6.96. The molecule has 1 atom stereocenters. The van der Waals surface area contributed by atoms with Crippen LogP contribution in [0.25, 0.3) is 11.3 Å². The average molecular weight is 422 g/mol. The summed E-state index contributed by atoms with van der Waals surface area (Å²) >= 11 is 0. The summed E-state index contributed by atoms with van der Waals surface area (Å²) in [7, 11) is 0. The molecule has 0 bridgehead atoms. The van der Waals surface area contributed by atoms with Gasteiger partial charge in [0.05, 0.1) is 11.6 Å². The molecule has 0 radical (unpaired) electrons. The molecule has 2 aromatic rings. The number of carbonyl (C=O) groups excluding carboxylic acids is 3. The second kappa shape index (κ2) is 7.83. The number of benzene rings is 1. The molecule has 1 aliphatic carbocycles. The molecule has 162 valence electrons. The Morgan fingerprint density at radius 3 is 2.55 bits per heavy atom. The van der Waals surface area contributed by atoms with Gasteiger partial charge >= 0.3 is 0 Å². The van der Waals surface area contributed by atoms with E-state index in [4.69, 9.17) is 0 Å². The Bertz CT molecular complexity index is 986. The van der Waals surface area contributed by atoms with Crippen molar-refractivity contribution in [1.29, 1.82) is 0 Å². The van der Waals surface area contributed by atoms with Crippen LogP contribution in [0.4, 0.5) is 0 Å². The molecular formula is C23H27N5O3. The van der Waals surface area contributed by atoms with Crippen LogP contribution in [0.15, 0.2) is 36.4 Å². The summed E-state index contributed by atoms with van der Waals surface area (Å²) in [6, 6.07) is 11.8. The van der Waals surface area contributed by atoms with Crippen molar-refractivity contribution >= 4 is 17.7 Å². The van der Waals surface area contributed by atoms with Gasteiger partial charge in [0.2, 0.25) is 11.8 Å². The van der Waals surface area contributed by atoms with Crippen molar-refractivity contribution in [2.24, 2.45) is 11.3 Å². The number of aromatic amines is 1. The second-order valence-electron chi connectivity index (χ2n) is 9.18. The summed E-state index contributed by atoms with van der Waals surface area (Å²) < 4.78 is 0. The highest BCUT2D eigenvalue weighted by Gasteiger charge is 2.47. The summed E-state index contributed by atoms with van der Waals surface area (Å²) in [5, 5.41) is 13.0. The summed E-state index contributed by atoms with van der Waals surface area (Å²) in [5.74, 6) is -0.308. The van der Waals surface area contributed by atoms with Crippen LogP contribution in [0.2, 0.25) is 0 Å². The minimum Gasteiger partial charge on any atom is -0.355 e. The van der Waals surface area contributed by atoms with Gasteiger partial charge in [-0.25, -0.2) is 0 Å². The van der Waals surface area contributed by atoms with Crippen molar-refractivity contribution in [1.82, 2.24) is 25.7 Å². The maximum atomic E-state index is 12.8. The van der Waals surface area contributed by atoms with E-state index in [0.717, 1.165) is 50.0 Å². The van der Waals surface area contributed by atoms with Crippen LogP contribution < -0.4 is 10.6 Å². The Labute approximate surface area is 180 Å². The van der Waals surface area contributed by atoms with Gasteiger partial charge in [0, 0.05) is 43.1 Å². The Kier molecular flexibility index (Phi) is 5.00. The third kappa shape index (κ3) is 3.94. The molecule has 3 fully saturated rings. The van der Waals surface area contributed by atoms with E-state index in [1.165, 1.54) is 0 Å². The lowest BCUT2D eigenvalue weighted by Crippen LogP contribution is -2.60. The van der Waals surface area contributed by atoms with E-state index in [9.17, 15) is 14.4 Å². The number of H-pyrrole nitrogens is 1. The molecule has 5 rings (SSSR count). The number of likely N-dealkylation sites (tertiary alicyclic amines) is 1. The lowest BCUT2D eigenvalue weighted by molar-refractivity contribution is -0.127. The number of carbonyl (C=O) groups is 3. The number of hydrogen-bond donors (Lipinski definition) is 3. The van der Waals surface area contributed by atoms with Crippen LogP contribution in [0, 0.1) is 11.3 Å². The fraction of sp³-hybridized carbons (Fsp3) is 0.478. The highest BCUT2D eigenvalue weighted by molar-refractivity contribution is 5.94. The molecule has 1 aromatic carbocycles. The van der Waals surface area contributed by atoms with Crippen molar-refractivity contribution in [3.63, 3.8) is 0 Å². The number of rotatable bonds is 4. The van der Waals surface area contributed by atoms with Gasteiger partial charge in [-0.2, -0.15) is 5.10 Å². The average Bonchev–Trinajstić information content (AvgIpc) is 3.42. The van der Waals surface area contributed by atoms with Gasteiger partial charge in [-0.1, -0.05) is 30.3 Å². The first-order chi connectivity index (χ1) is 15.0. The molecular weight excluding hydrogens is 394 g/mol. The van der Waals surface area contributed by atoms with E-state index in [0.29, 0.717) is 18.7 Å². The standard InChI is InChI=1S/C23H27N5O3/c29-20-10-16(12-24-20)21(30)25-17-6-8-23(9-7-17)13-28(14-23)22(31)19-11-18(26-27-19)15-4-2-1-3-5-15/h1-5,11,16-17H,6-10,12-14H2,(H,24,29)(H,25,30)(H,26,27). The first kappa shape index (κ1) is 19.8. The number of hydrogen-bond acceptors (Lipinski definition) is 4. The normalized spacial score (nSPS) is 22.8. The third-order valence-electron chi connectivity index (χ3n) is 6.96. The Hall–Kier alpha value is -3.16. The molecule has 3 amide bonds. The molecule has 3 aliphatic rings. The quantitative estimate of drug-likeness (QED) is 0.699. The Morgan fingerprint density at radius 1 is 1.13 bits per heavy atom. The van der Waals surface area contributed by atoms with Crippen molar-refractivity contribution in [2.45, 2.75) is 38.1 Å². The molecule has 1 spiro atoms. The molecule has 1 unspecified atom stereocenters. The minimum atomic E-state index is -0.240. The number of amides is 3. The van der Waals surface area contributed by atoms with Crippen molar-refractivity contribution < 1.29 is 14.4 Å². The van der Waals surface area contributed by atoms with Gasteiger partial charge in [0.15, 0.2) is 0 Å².